The first-order chi connectivity index (χ1) is 20.9. The smallest absolute Gasteiger partial charge is 0.408 e. The maximum Gasteiger partial charge on any atom is 0.408 e. The van der Waals surface area contributed by atoms with Crippen molar-refractivity contribution < 1.29 is 37.9 Å². The summed E-state index contributed by atoms with van der Waals surface area (Å²) in [5, 5.41) is 10.0. The number of carbonyl (C=O) groups is 6. The molecule has 0 aliphatic carbocycles. The Morgan fingerprint density at radius 1 is 1.07 bits per heavy atom. The Bertz CT molecular complexity index is 1170. The van der Waals surface area contributed by atoms with E-state index in [0.717, 1.165) is 0 Å². The fourth-order valence-electron chi connectivity index (χ4n) is 4.28. The summed E-state index contributed by atoms with van der Waals surface area (Å²) in [6.45, 7) is 18.3. The van der Waals surface area contributed by atoms with Crippen LogP contribution in [0, 0.1) is 5.41 Å². The van der Waals surface area contributed by atoms with Crippen LogP contribution >= 0.6 is 0 Å². The van der Waals surface area contributed by atoms with E-state index in [-0.39, 0.29) is 19.5 Å². The van der Waals surface area contributed by atoms with Gasteiger partial charge in [-0.15, -0.1) is 6.58 Å². The molecule has 2 unspecified atom stereocenters. The van der Waals surface area contributed by atoms with Crippen LogP contribution in [0.2, 0.25) is 0 Å². The first-order valence-corrected chi connectivity index (χ1v) is 15.3. The standard InChI is InChI=1S/C29H43N5O8.C3H8/c1-8-11-19(22(36)25(38)31-17-21(35)30-16-18-12-10-15-41-18)32-24(37)20-13-9-14-34(20)26(39)23(28(2,3)4)33-27(40)42-29(5,6)7;1-3-2/h8,10,12,15,19-20,23H,1,9,11,13-14,16-17H2,2-7H3,(H,30,35)(H,31,38)(H,32,37)(H,33,40);3H2,1-2H3/t19?,20?,23-;/m1./s1. The molecule has 0 aromatic carbocycles. The number of ketones is 1. The Labute approximate surface area is 266 Å². The molecule has 1 aliphatic heterocycles. The number of rotatable bonds is 12. The van der Waals surface area contributed by atoms with Crippen LogP contribution in [0.5, 0.6) is 0 Å². The van der Waals surface area contributed by atoms with Gasteiger partial charge in [-0.1, -0.05) is 47.1 Å². The van der Waals surface area contributed by atoms with Crippen molar-refractivity contribution in [3.8, 4) is 0 Å². The molecule has 0 spiro atoms. The second-order valence-corrected chi connectivity index (χ2v) is 12.8. The molecule has 1 aromatic rings. The number of alkyl carbamates (subject to hydrolysis) is 1. The van der Waals surface area contributed by atoms with Crippen LogP contribution in [-0.2, 0) is 35.3 Å². The van der Waals surface area contributed by atoms with Crippen molar-refractivity contribution in [2.75, 3.05) is 13.1 Å². The number of nitrogens with zero attached hydrogens (tertiary/aromatic N) is 1. The van der Waals surface area contributed by atoms with Gasteiger partial charge in [0.2, 0.25) is 23.5 Å². The van der Waals surface area contributed by atoms with Gasteiger partial charge in [-0.05, 0) is 57.6 Å². The predicted molar refractivity (Wildman–Crippen MR) is 169 cm³/mol. The van der Waals surface area contributed by atoms with E-state index >= 15 is 0 Å². The van der Waals surface area contributed by atoms with Crippen LogP contribution in [-0.4, -0.2) is 77.2 Å². The number of amides is 5. The van der Waals surface area contributed by atoms with Gasteiger partial charge in [0.25, 0.3) is 5.91 Å². The average molecular weight is 634 g/mol. The van der Waals surface area contributed by atoms with Gasteiger partial charge in [0, 0.05) is 6.54 Å². The molecular formula is C32H51N5O8. The number of nitrogens with one attached hydrogen (secondary N) is 4. The van der Waals surface area contributed by atoms with Gasteiger partial charge in [0.05, 0.1) is 19.4 Å². The first-order valence-electron chi connectivity index (χ1n) is 15.3. The Hall–Kier alpha value is -4.16. The zero-order chi connectivity index (χ0) is 34.4. The molecule has 45 heavy (non-hydrogen) atoms. The van der Waals surface area contributed by atoms with Gasteiger partial charge in [-0.3, -0.25) is 24.0 Å². The molecule has 1 aliphatic rings. The monoisotopic (exact) mass is 633 g/mol. The second-order valence-electron chi connectivity index (χ2n) is 12.8. The van der Waals surface area contributed by atoms with Crippen LogP contribution < -0.4 is 21.3 Å². The highest BCUT2D eigenvalue weighted by molar-refractivity contribution is 6.38. The van der Waals surface area contributed by atoms with Crippen molar-refractivity contribution in [3.05, 3.63) is 36.8 Å². The van der Waals surface area contributed by atoms with Crippen LogP contribution in [0.1, 0.15) is 86.8 Å². The molecule has 0 saturated carbocycles. The quantitative estimate of drug-likeness (QED) is 0.201. The molecule has 1 fully saturated rings. The normalized spacial score (nSPS) is 15.8. The lowest BCUT2D eigenvalue weighted by molar-refractivity contribution is -0.144. The van der Waals surface area contributed by atoms with Crippen molar-refractivity contribution in [1.82, 2.24) is 26.2 Å². The fraction of sp³-hybridized carbons (Fsp3) is 0.625. The number of hydrogen-bond acceptors (Lipinski definition) is 8. The summed E-state index contributed by atoms with van der Waals surface area (Å²) in [4.78, 5) is 78.2. The molecule has 2 heterocycles. The molecule has 252 valence electrons. The zero-order valence-corrected chi connectivity index (χ0v) is 27.9. The molecule has 3 atom stereocenters. The third kappa shape index (κ3) is 13.6. The average Bonchev–Trinajstić information content (AvgIpc) is 3.64. The number of hydrogen-bond donors (Lipinski definition) is 4. The van der Waals surface area contributed by atoms with Crippen LogP contribution in [0.15, 0.2) is 35.5 Å². The largest absolute Gasteiger partial charge is 0.467 e. The van der Waals surface area contributed by atoms with E-state index in [1.807, 2.05) is 0 Å². The van der Waals surface area contributed by atoms with E-state index in [1.54, 1.807) is 53.7 Å². The van der Waals surface area contributed by atoms with Crippen molar-refractivity contribution in [2.45, 2.75) is 111 Å². The highest BCUT2D eigenvalue weighted by atomic mass is 16.6. The molecule has 1 saturated heterocycles. The summed E-state index contributed by atoms with van der Waals surface area (Å²) in [6.07, 6.45) is 4.14. The Kier molecular flexibility index (Phi) is 15.5. The van der Waals surface area contributed by atoms with Gasteiger partial charge < -0.3 is 35.3 Å². The molecule has 13 nitrogen and oxygen atoms in total. The van der Waals surface area contributed by atoms with Gasteiger partial charge in [-0.2, -0.15) is 0 Å². The summed E-state index contributed by atoms with van der Waals surface area (Å²) < 4.78 is 10.4. The molecule has 5 amide bonds. The molecule has 1 aromatic heterocycles. The van der Waals surface area contributed by atoms with Gasteiger partial charge >= 0.3 is 6.09 Å². The topological polar surface area (TPSA) is 176 Å². The van der Waals surface area contributed by atoms with Crippen LogP contribution in [0.4, 0.5) is 4.79 Å². The number of likely N-dealkylation sites (tertiary alicyclic amines) is 1. The van der Waals surface area contributed by atoms with E-state index in [2.05, 4.69) is 41.7 Å². The highest BCUT2D eigenvalue weighted by Gasteiger charge is 2.43. The number of ether oxygens (including phenoxy) is 1. The summed E-state index contributed by atoms with van der Waals surface area (Å²) >= 11 is 0. The summed E-state index contributed by atoms with van der Waals surface area (Å²) in [5.74, 6) is -3.11. The molecule has 0 radical (unpaired) electrons. The number of Topliss-reactive ketones (excluding diaryl/α,β-unsaturated/α-hetero) is 1. The lowest BCUT2D eigenvalue weighted by Gasteiger charge is -2.36. The minimum Gasteiger partial charge on any atom is -0.467 e. The van der Waals surface area contributed by atoms with Crippen molar-refractivity contribution in [2.24, 2.45) is 5.41 Å². The third-order valence-corrected chi connectivity index (χ3v) is 6.32. The molecule has 4 N–H and O–H groups in total. The molecular weight excluding hydrogens is 582 g/mol. The maximum absolute atomic E-state index is 13.6. The zero-order valence-electron chi connectivity index (χ0n) is 27.9. The van der Waals surface area contributed by atoms with E-state index in [0.29, 0.717) is 18.6 Å². The molecule has 0 bridgehead atoms. The first kappa shape index (κ1) is 38.9. The predicted octanol–water partition coefficient (Wildman–Crippen LogP) is 2.99. The molecule has 13 heteroatoms. The van der Waals surface area contributed by atoms with Gasteiger partial charge in [-0.25, -0.2) is 4.79 Å². The second kappa shape index (κ2) is 18.0. The minimum absolute atomic E-state index is 0.0475. The van der Waals surface area contributed by atoms with Crippen molar-refractivity contribution in [3.63, 3.8) is 0 Å². The van der Waals surface area contributed by atoms with Crippen LogP contribution in [0.3, 0.4) is 0 Å². The third-order valence-electron chi connectivity index (χ3n) is 6.32. The van der Waals surface area contributed by atoms with E-state index in [4.69, 9.17) is 9.15 Å². The number of carbonyl (C=O) groups excluding carboxylic acids is 6. The van der Waals surface area contributed by atoms with E-state index in [9.17, 15) is 28.8 Å². The Morgan fingerprint density at radius 3 is 2.24 bits per heavy atom. The highest BCUT2D eigenvalue weighted by Crippen LogP contribution is 2.26. The maximum atomic E-state index is 13.6. The fourth-order valence-corrected chi connectivity index (χ4v) is 4.28. The van der Waals surface area contributed by atoms with Gasteiger partial charge in [0.1, 0.15) is 29.5 Å². The minimum atomic E-state index is -1.25. The summed E-state index contributed by atoms with van der Waals surface area (Å²) in [6, 6.07) is 0.178. The lowest BCUT2D eigenvalue weighted by Crippen LogP contribution is -2.59. The van der Waals surface area contributed by atoms with Gasteiger partial charge in [0.15, 0.2) is 0 Å². The Balaban J connectivity index is 0.00000324. The summed E-state index contributed by atoms with van der Waals surface area (Å²) in [7, 11) is 0. The lowest BCUT2D eigenvalue weighted by atomic mass is 9.85. The summed E-state index contributed by atoms with van der Waals surface area (Å²) in [5.41, 5.74) is -1.48. The molecule has 2 rings (SSSR count). The van der Waals surface area contributed by atoms with E-state index in [1.165, 1.54) is 23.7 Å². The van der Waals surface area contributed by atoms with Crippen molar-refractivity contribution >= 4 is 35.5 Å². The Morgan fingerprint density at radius 2 is 1.71 bits per heavy atom. The van der Waals surface area contributed by atoms with Crippen LogP contribution in [0.25, 0.3) is 0 Å². The van der Waals surface area contributed by atoms with E-state index < -0.39 is 71.2 Å². The van der Waals surface area contributed by atoms with Crippen molar-refractivity contribution in [1.29, 1.82) is 0 Å². The number of furan rings is 1. The SMILES string of the molecule is C=CCC(NC(=O)C1CCCN1C(=O)[C@@H](NC(=O)OC(C)(C)C)C(C)(C)C)C(=O)C(=O)NCC(=O)NCc1ccco1.CCC.